The van der Waals surface area contributed by atoms with Crippen molar-refractivity contribution >= 4 is 24.3 Å². The molecule has 5 nitrogen and oxygen atoms in total. The van der Waals surface area contributed by atoms with Crippen LogP contribution in [0.15, 0.2) is 36.4 Å². The van der Waals surface area contributed by atoms with Gasteiger partial charge in [-0.25, -0.2) is 0 Å². The molecule has 0 aromatic heterocycles. The van der Waals surface area contributed by atoms with E-state index in [-0.39, 0.29) is 24.3 Å². The van der Waals surface area contributed by atoms with Gasteiger partial charge in [-0.15, -0.1) is 0 Å². The van der Waals surface area contributed by atoms with Gasteiger partial charge in [-0.3, -0.25) is 9.59 Å². The summed E-state index contributed by atoms with van der Waals surface area (Å²) in [6, 6.07) is 11.9. The first-order valence-electron chi connectivity index (χ1n) is 11.2. The van der Waals surface area contributed by atoms with E-state index in [2.05, 4.69) is 6.07 Å². The molecule has 1 atom stereocenters. The zero-order valence-electron chi connectivity index (χ0n) is 19.8. The van der Waals surface area contributed by atoms with Crippen LogP contribution in [0.25, 0.3) is 0 Å². The van der Waals surface area contributed by atoms with Gasteiger partial charge in [0.25, 0.3) is 0 Å². The van der Waals surface area contributed by atoms with Crippen molar-refractivity contribution in [2.24, 2.45) is 0 Å². The van der Waals surface area contributed by atoms with Gasteiger partial charge in [-0.05, 0) is 69.6 Å². The molecule has 0 saturated carbocycles. The minimum absolute atomic E-state index is 0.0788. The number of esters is 1. The summed E-state index contributed by atoms with van der Waals surface area (Å²) in [5, 5.41) is 0. The Morgan fingerprint density at radius 2 is 1.81 bits per heavy atom. The maximum Gasteiger partial charge on any atom is 0.495 e. The zero-order valence-corrected chi connectivity index (χ0v) is 19.8. The molecule has 0 spiro atoms. The van der Waals surface area contributed by atoms with Gasteiger partial charge >= 0.3 is 13.1 Å². The Morgan fingerprint density at radius 1 is 1.12 bits per heavy atom. The fourth-order valence-corrected chi connectivity index (χ4v) is 4.57. The monoisotopic (exact) mass is 434 g/mol. The lowest BCUT2D eigenvalue weighted by molar-refractivity contribution is -0.142. The van der Waals surface area contributed by atoms with E-state index in [1.807, 2.05) is 65.0 Å². The van der Waals surface area contributed by atoms with Crippen molar-refractivity contribution in [3.63, 3.8) is 0 Å². The van der Waals surface area contributed by atoms with E-state index in [1.54, 1.807) is 0 Å². The first kappa shape index (κ1) is 22.7. The molecule has 2 aromatic rings. The summed E-state index contributed by atoms with van der Waals surface area (Å²) in [4.78, 5) is 25.1. The predicted octanol–water partition coefficient (Wildman–Crippen LogP) is 4.27. The number of aryl methyl sites for hydroxylation is 2. The number of hydrogen-bond acceptors (Lipinski definition) is 5. The van der Waals surface area contributed by atoms with Crippen molar-refractivity contribution in [1.29, 1.82) is 0 Å². The quantitative estimate of drug-likeness (QED) is 0.531. The standard InChI is InChI=1S/C26H31BO5/c1-16-10-12-19-18(14-16)11-13-21(24(19)29)20-8-7-9-23(22(20)15-30-17(2)28)27-31-25(3,4)26(5,6)32-27/h7-10,12,14,21H,11,13,15H2,1-6H3. The Bertz CT molecular complexity index is 1060. The van der Waals surface area contributed by atoms with Gasteiger partial charge in [0.15, 0.2) is 5.78 Å². The maximum atomic E-state index is 13.5. The number of ketones is 1. The Balaban J connectivity index is 1.76. The smallest absolute Gasteiger partial charge is 0.461 e. The lowest BCUT2D eigenvalue weighted by Gasteiger charge is -2.32. The number of carbonyl (C=O) groups is 2. The van der Waals surface area contributed by atoms with Crippen molar-refractivity contribution in [1.82, 2.24) is 0 Å². The fraction of sp³-hybridized carbons (Fsp3) is 0.462. The third-order valence-electron chi connectivity index (χ3n) is 7.10. The minimum Gasteiger partial charge on any atom is -0.461 e. The Kier molecular flexibility index (Phi) is 5.80. The molecule has 0 N–H and O–H groups in total. The topological polar surface area (TPSA) is 61.8 Å². The molecule has 0 bridgehead atoms. The number of fused-ring (bicyclic) bond motifs is 1. The van der Waals surface area contributed by atoms with Crippen LogP contribution in [0.2, 0.25) is 0 Å². The van der Waals surface area contributed by atoms with Crippen LogP contribution in [0, 0.1) is 6.92 Å². The van der Waals surface area contributed by atoms with E-state index in [0.29, 0.717) is 0 Å². The maximum absolute atomic E-state index is 13.5. The van der Waals surface area contributed by atoms with E-state index in [4.69, 9.17) is 14.0 Å². The van der Waals surface area contributed by atoms with Crippen molar-refractivity contribution in [2.45, 2.75) is 78.1 Å². The molecule has 168 valence electrons. The second-order valence-corrected chi connectivity index (χ2v) is 9.90. The Hall–Kier alpha value is -2.44. The van der Waals surface area contributed by atoms with Crippen molar-refractivity contribution in [3.05, 3.63) is 64.2 Å². The summed E-state index contributed by atoms with van der Waals surface area (Å²) >= 11 is 0. The molecule has 1 fully saturated rings. The number of hydrogen-bond donors (Lipinski definition) is 0. The molecular weight excluding hydrogens is 403 g/mol. The molecule has 1 aliphatic heterocycles. The van der Waals surface area contributed by atoms with Gasteiger partial charge in [-0.1, -0.05) is 42.0 Å². The highest BCUT2D eigenvalue weighted by Crippen LogP contribution is 2.38. The van der Waals surface area contributed by atoms with E-state index in [0.717, 1.165) is 46.1 Å². The van der Waals surface area contributed by atoms with Gasteiger partial charge in [0, 0.05) is 18.4 Å². The molecule has 1 heterocycles. The van der Waals surface area contributed by atoms with Crippen LogP contribution in [0.5, 0.6) is 0 Å². The largest absolute Gasteiger partial charge is 0.495 e. The highest BCUT2D eigenvalue weighted by atomic mass is 16.7. The first-order valence-corrected chi connectivity index (χ1v) is 11.2. The van der Waals surface area contributed by atoms with Crippen LogP contribution in [-0.2, 0) is 31.9 Å². The molecular formula is C26H31BO5. The molecule has 1 unspecified atom stereocenters. The second-order valence-electron chi connectivity index (χ2n) is 9.90. The molecule has 32 heavy (non-hydrogen) atoms. The van der Waals surface area contributed by atoms with Gasteiger partial charge in [-0.2, -0.15) is 0 Å². The van der Waals surface area contributed by atoms with E-state index >= 15 is 0 Å². The summed E-state index contributed by atoms with van der Waals surface area (Å²) < 4.78 is 18.0. The van der Waals surface area contributed by atoms with Crippen LogP contribution in [0.1, 0.15) is 79.6 Å². The van der Waals surface area contributed by atoms with E-state index < -0.39 is 18.3 Å². The lowest BCUT2D eigenvalue weighted by Crippen LogP contribution is -2.41. The molecule has 1 saturated heterocycles. The summed E-state index contributed by atoms with van der Waals surface area (Å²) in [5.74, 6) is -0.546. The summed E-state index contributed by atoms with van der Waals surface area (Å²) in [6.45, 7) is 11.5. The molecule has 4 rings (SSSR count). The third-order valence-corrected chi connectivity index (χ3v) is 7.10. The number of carbonyl (C=O) groups excluding carboxylic acids is 2. The number of ether oxygens (including phenoxy) is 1. The Morgan fingerprint density at radius 3 is 2.47 bits per heavy atom. The molecule has 2 aromatic carbocycles. The van der Waals surface area contributed by atoms with Gasteiger partial charge < -0.3 is 14.0 Å². The minimum atomic E-state index is -0.598. The fourth-order valence-electron chi connectivity index (χ4n) is 4.57. The van der Waals surface area contributed by atoms with Gasteiger partial charge in [0.1, 0.15) is 6.61 Å². The van der Waals surface area contributed by atoms with Crippen LogP contribution in [0.3, 0.4) is 0 Å². The highest BCUT2D eigenvalue weighted by molar-refractivity contribution is 6.62. The summed E-state index contributed by atoms with van der Waals surface area (Å²) in [7, 11) is -0.598. The van der Waals surface area contributed by atoms with Crippen LogP contribution < -0.4 is 5.46 Å². The molecule has 0 radical (unpaired) electrons. The van der Waals surface area contributed by atoms with Crippen molar-refractivity contribution in [2.75, 3.05) is 0 Å². The first-order chi connectivity index (χ1) is 15.0. The molecule has 6 heteroatoms. The van der Waals surface area contributed by atoms with Gasteiger partial charge in [0.2, 0.25) is 0 Å². The van der Waals surface area contributed by atoms with Crippen molar-refractivity contribution < 1.29 is 23.6 Å². The molecule has 2 aliphatic rings. The Labute approximate surface area is 190 Å². The number of rotatable bonds is 4. The normalized spacial score (nSPS) is 21.4. The summed E-state index contributed by atoms with van der Waals surface area (Å²) in [5.41, 5.74) is 4.55. The number of Topliss-reactive ketones (excluding diaryl/α,β-unsaturated/α-hetero) is 1. The van der Waals surface area contributed by atoms with E-state index in [1.165, 1.54) is 6.92 Å². The highest BCUT2D eigenvalue weighted by Gasteiger charge is 2.52. The predicted molar refractivity (Wildman–Crippen MR) is 124 cm³/mol. The lowest BCUT2D eigenvalue weighted by atomic mass is 9.71. The number of benzene rings is 2. The van der Waals surface area contributed by atoms with Crippen molar-refractivity contribution in [3.8, 4) is 0 Å². The molecule has 1 aliphatic carbocycles. The molecule has 0 amide bonds. The summed E-state index contributed by atoms with van der Waals surface area (Å²) in [6.07, 6.45) is 1.55. The average molecular weight is 434 g/mol. The zero-order chi connectivity index (χ0) is 23.3. The van der Waals surface area contributed by atoms with E-state index in [9.17, 15) is 9.59 Å². The van der Waals surface area contributed by atoms with Gasteiger partial charge in [0.05, 0.1) is 11.2 Å². The van der Waals surface area contributed by atoms with Crippen LogP contribution >= 0.6 is 0 Å². The second kappa shape index (κ2) is 8.16. The average Bonchev–Trinajstić information content (AvgIpc) is 2.93. The SMILES string of the molecule is CC(=O)OCc1c(B2OC(C)(C)C(C)(C)O2)cccc1C1CCc2cc(C)ccc2C1=O. The third kappa shape index (κ3) is 4.02. The van der Waals surface area contributed by atoms with Crippen LogP contribution in [0.4, 0.5) is 0 Å². The van der Waals surface area contributed by atoms with Crippen LogP contribution in [-0.4, -0.2) is 30.1 Å².